The van der Waals surface area contributed by atoms with E-state index in [2.05, 4.69) is 5.32 Å². The van der Waals surface area contributed by atoms with Crippen molar-refractivity contribution in [1.82, 2.24) is 5.32 Å². The molecule has 0 aliphatic carbocycles. The number of hydrogen-bond acceptors (Lipinski definition) is 2. The summed E-state index contributed by atoms with van der Waals surface area (Å²) in [5.74, 6) is 0.401. The van der Waals surface area contributed by atoms with Gasteiger partial charge in [0.05, 0.1) is 16.3 Å². The Balaban J connectivity index is 1.89. The molecule has 3 aromatic rings. The van der Waals surface area contributed by atoms with Crippen LogP contribution in [0.1, 0.15) is 27.7 Å². The van der Waals surface area contributed by atoms with Gasteiger partial charge in [-0.05, 0) is 35.9 Å². The van der Waals surface area contributed by atoms with E-state index in [0.29, 0.717) is 21.4 Å². The van der Waals surface area contributed by atoms with Crippen molar-refractivity contribution in [3.8, 4) is 0 Å². The van der Waals surface area contributed by atoms with E-state index in [4.69, 9.17) is 27.6 Å². The summed E-state index contributed by atoms with van der Waals surface area (Å²) in [5.41, 5.74) is 1.36. The van der Waals surface area contributed by atoms with E-state index in [9.17, 15) is 4.79 Å². The third-order valence-corrected chi connectivity index (χ3v) is 4.16. The van der Waals surface area contributed by atoms with Gasteiger partial charge < -0.3 is 9.73 Å². The van der Waals surface area contributed by atoms with Crippen LogP contribution >= 0.6 is 23.2 Å². The third kappa shape index (κ3) is 3.58. The van der Waals surface area contributed by atoms with E-state index in [-0.39, 0.29) is 11.9 Å². The fourth-order valence-corrected chi connectivity index (χ4v) is 2.57. The number of rotatable bonds is 4. The molecular formula is C18H13Cl2NO2. The smallest absolute Gasteiger partial charge is 0.252 e. The molecule has 0 saturated carbocycles. The predicted molar refractivity (Wildman–Crippen MR) is 90.9 cm³/mol. The Morgan fingerprint density at radius 1 is 0.957 bits per heavy atom. The summed E-state index contributed by atoms with van der Waals surface area (Å²) in [6, 6.07) is 17.6. The van der Waals surface area contributed by atoms with Crippen LogP contribution in [0.25, 0.3) is 0 Å². The molecule has 0 fully saturated rings. The maximum Gasteiger partial charge on any atom is 0.252 e. The largest absolute Gasteiger partial charge is 0.467 e. The monoisotopic (exact) mass is 345 g/mol. The average molecular weight is 346 g/mol. The Bertz CT molecular complexity index is 801. The molecule has 1 atom stereocenters. The first kappa shape index (κ1) is 15.7. The van der Waals surface area contributed by atoms with Crippen LogP contribution in [0.15, 0.2) is 71.3 Å². The van der Waals surface area contributed by atoms with Crippen molar-refractivity contribution in [2.45, 2.75) is 6.04 Å². The molecule has 1 N–H and O–H groups in total. The molecule has 23 heavy (non-hydrogen) atoms. The number of halogens is 2. The Morgan fingerprint density at radius 2 is 1.74 bits per heavy atom. The molecule has 0 aliphatic heterocycles. The molecule has 3 rings (SSSR count). The van der Waals surface area contributed by atoms with Crippen molar-refractivity contribution in [2.24, 2.45) is 0 Å². The van der Waals surface area contributed by atoms with Crippen molar-refractivity contribution in [1.29, 1.82) is 0 Å². The lowest BCUT2D eigenvalue weighted by Crippen LogP contribution is -2.29. The summed E-state index contributed by atoms with van der Waals surface area (Å²) < 4.78 is 5.47. The van der Waals surface area contributed by atoms with E-state index >= 15 is 0 Å². The Hall–Kier alpha value is -2.23. The molecule has 2 aromatic carbocycles. The van der Waals surface area contributed by atoms with Crippen LogP contribution in [0, 0.1) is 0 Å². The maximum atomic E-state index is 12.5. The second-order valence-corrected chi connectivity index (χ2v) is 5.78. The average Bonchev–Trinajstić information content (AvgIpc) is 3.10. The highest BCUT2D eigenvalue weighted by Crippen LogP contribution is 2.25. The molecule has 0 radical (unpaired) electrons. The second-order valence-electron chi connectivity index (χ2n) is 4.96. The topological polar surface area (TPSA) is 42.2 Å². The summed E-state index contributed by atoms with van der Waals surface area (Å²) in [4.78, 5) is 12.5. The quantitative estimate of drug-likeness (QED) is 0.714. The van der Waals surface area contributed by atoms with Crippen molar-refractivity contribution in [2.75, 3.05) is 0 Å². The van der Waals surface area contributed by atoms with Crippen LogP contribution in [-0.2, 0) is 0 Å². The van der Waals surface area contributed by atoms with Crippen molar-refractivity contribution >= 4 is 29.1 Å². The normalized spacial score (nSPS) is 11.9. The van der Waals surface area contributed by atoms with E-state index in [0.717, 1.165) is 5.56 Å². The summed E-state index contributed by atoms with van der Waals surface area (Å²) in [6.45, 7) is 0. The lowest BCUT2D eigenvalue weighted by atomic mass is 10.0. The first-order valence-corrected chi connectivity index (χ1v) is 7.75. The molecule has 0 bridgehead atoms. The molecular weight excluding hydrogens is 333 g/mol. The van der Waals surface area contributed by atoms with Crippen LogP contribution in [0.2, 0.25) is 10.0 Å². The van der Waals surface area contributed by atoms with Gasteiger partial charge in [0.15, 0.2) is 0 Å². The molecule has 1 amide bonds. The molecule has 0 saturated heterocycles. The van der Waals surface area contributed by atoms with E-state index < -0.39 is 0 Å². The first-order valence-electron chi connectivity index (χ1n) is 6.99. The fourth-order valence-electron chi connectivity index (χ4n) is 2.27. The molecule has 0 spiro atoms. The summed E-state index contributed by atoms with van der Waals surface area (Å²) in [5, 5.41) is 3.72. The first-order chi connectivity index (χ1) is 11.1. The number of furan rings is 1. The van der Waals surface area contributed by atoms with Gasteiger partial charge >= 0.3 is 0 Å². The molecule has 0 aliphatic rings. The zero-order valence-corrected chi connectivity index (χ0v) is 13.5. The Kier molecular flexibility index (Phi) is 4.70. The lowest BCUT2D eigenvalue weighted by molar-refractivity contribution is 0.0939. The highest BCUT2D eigenvalue weighted by molar-refractivity contribution is 6.42. The molecule has 0 unspecified atom stereocenters. The number of benzene rings is 2. The molecule has 1 aromatic heterocycles. The van der Waals surface area contributed by atoms with Gasteiger partial charge in [0, 0.05) is 5.56 Å². The van der Waals surface area contributed by atoms with Gasteiger partial charge in [-0.3, -0.25) is 4.79 Å². The number of amides is 1. The third-order valence-electron chi connectivity index (χ3n) is 3.42. The molecule has 1 heterocycles. The Morgan fingerprint density at radius 3 is 2.39 bits per heavy atom. The SMILES string of the molecule is O=C(N[C@@H](c1ccccc1)c1ccco1)c1ccc(Cl)c(Cl)c1. The van der Waals surface area contributed by atoms with Crippen molar-refractivity contribution in [3.05, 3.63) is 93.9 Å². The van der Waals surface area contributed by atoms with Gasteiger partial charge in [0.1, 0.15) is 11.8 Å². The van der Waals surface area contributed by atoms with Gasteiger partial charge in [-0.25, -0.2) is 0 Å². The summed E-state index contributed by atoms with van der Waals surface area (Å²) >= 11 is 11.9. The number of hydrogen-bond donors (Lipinski definition) is 1. The lowest BCUT2D eigenvalue weighted by Gasteiger charge is -2.17. The molecule has 3 nitrogen and oxygen atoms in total. The number of nitrogens with one attached hydrogen (secondary N) is 1. The van der Waals surface area contributed by atoms with Crippen LogP contribution < -0.4 is 5.32 Å². The highest BCUT2D eigenvalue weighted by atomic mass is 35.5. The van der Waals surface area contributed by atoms with Gasteiger partial charge in [-0.2, -0.15) is 0 Å². The summed E-state index contributed by atoms with van der Waals surface area (Å²) in [7, 11) is 0. The van der Waals surface area contributed by atoms with Gasteiger partial charge in [0.2, 0.25) is 0 Å². The van der Waals surface area contributed by atoms with E-state index in [1.165, 1.54) is 0 Å². The van der Waals surface area contributed by atoms with Crippen molar-refractivity contribution < 1.29 is 9.21 Å². The van der Waals surface area contributed by atoms with Crippen LogP contribution in [0.3, 0.4) is 0 Å². The number of carbonyl (C=O) groups excluding carboxylic acids is 1. The minimum absolute atomic E-state index is 0.256. The van der Waals surface area contributed by atoms with Gasteiger partial charge in [-0.15, -0.1) is 0 Å². The maximum absolute atomic E-state index is 12.5. The van der Waals surface area contributed by atoms with E-state index in [1.54, 1.807) is 30.5 Å². The standard InChI is InChI=1S/C18H13Cl2NO2/c19-14-9-8-13(11-15(14)20)18(22)21-17(16-7-4-10-23-16)12-5-2-1-3-6-12/h1-11,17H,(H,21,22)/t17-/m0/s1. The second kappa shape index (κ2) is 6.90. The van der Waals surface area contributed by atoms with Crippen LogP contribution in [0.5, 0.6) is 0 Å². The zero-order valence-electron chi connectivity index (χ0n) is 12.0. The van der Waals surface area contributed by atoms with E-state index in [1.807, 2.05) is 36.4 Å². The van der Waals surface area contributed by atoms with Gasteiger partial charge in [-0.1, -0.05) is 53.5 Å². The zero-order chi connectivity index (χ0) is 16.2. The van der Waals surface area contributed by atoms with Gasteiger partial charge in [0.25, 0.3) is 5.91 Å². The highest BCUT2D eigenvalue weighted by Gasteiger charge is 2.20. The number of carbonyl (C=O) groups is 1. The predicted octanol–water partition coefficient (Wildman–Crippen LogP) is 5.11. The van der Waals surface area contributed by atoms with Crippen LogP contribution in [0.4, 0.5) is 0 Å². The Labute approximate surface area is 143 Å². The molecule has 5 heteroatoms. The minimum Gasteiger partial charge on any atom is -0.467 e. The summed E-state index contributed by atoms with van der Waals surface area (Å²) in [6.07, 6.45) is 1.58. The minimum atomic E-state index is -0.381. The molecule has 116 valence electrons. The fraction of sp³-hybridized carbons (Fsp3) is 0.0556. The van der Waals surface area contributed by atoms with Crippen LogP contribution in [-0.4, -0.2) is 5.91 Å². The van der Waals surface area contributed by atoms with Crippen molar-refractivity contribution in [3.63, 3.8) is 0 Å².